The quantitative estimate of drug-likeness (QED) is 0.614. The number of hydrogen-bond acceptors (Lipinski definition) is 1. The van der Waals surface area contributed by atoms with Crippen LogP contribution < -0.4 is 10.6 Å². The fourth-order valence-electron chi connectivity index (χ4n) is 0.493. The van der Waals surface area contributed by atoms with Crippen LogP contribution in [0.2, 0.25) is 0 Å². The molecule has 2 N–H and O–H groups in total. The first-order valence-corrected chi connectivity index (χ1v) is 3.57. The molecule has 0 saturated carbocycles. The highest BCUT2D eigenvalue weighted by Crippen LogP contribution is 1.93. The van der Waals surface area contributed by atoms with Gasteiger partial charge in [0.2, 0.25) is 0 Å². The van der Waals surface area contributed by atoms with Crippen molar-refractivity contribution in [3.63, 3.8) is 0 Å². The summed E-state index contributed by atoms with van der Waals surface area (Å²) in [6, 6.07) is -0.272. The van der Waals surface area contributed by atoms with Crippen LogP contribution in [0.5, 0.6) is 0 Å². The van der Waals surface area contributed by atoms with Gasteiger partial charge in [0.05, 0.1) is 0 Å². The summed E-state index contributed by atoms with van der Waals surface area (Å²) in [7, 11) is 1.55. The molecule has 0 aromatic carbocycles. The second kappa shape index (κ2) is 5.18. The van der Waals surface area contributed by atoms with Gasteiger partial charge in [-0.2, -0.15) is 0 Å². The summed E-state index contributed by atoms with van der Waals surface area (Å²) in [5.41, 5.74) is 1.45. The predicted octanol–water partition coefficient (Wildman–Crippen LogP) is 1.56. The molecule has 0 aromatic heterocycles. The molecule has 0 heterocycles. The second-order valence-corrected chi connectivity index (χ2v) is 2.41. The van der Waals surface area contributed by atoms with E-state index >= 15 is 0 Å². The number of allylic oxidation sites excluding steroid dienone is 3. The van der Waals surface area contributed by atoms with Crippen LogP contribution in [-0.4, -0.2) is 13.1 Å². The molecular formula is C9H14N2O. The fourth-order valence-corrected chi connectivity index (χ4v) is 0.493. The number of carbonyl (C=O) groups is 1. The Hall–Kier alpha value is -1.51. The van der Waals surface area contributed by atoms with Crippen molar-refractivity contribution < 1.29 is 4.79 Å². The molecule has 2 amide bonds. The maximum atomic E-state index is 10.7. The number of amides is 2. The number of urea groups is 1. The third-order valence-electron chi connectivity index (χ3n) is 1.07. The molecule has 0 radical (unpaired) electrons. The molecule has 0 aliphatic carbocycles. The molecule has 0 saturated heterocycles. The monoisotopic (exact) mass is 166 g/mol. The lowest BCUT2D eigenvalue weighted by Crippen LogP contribution is -2.31. The Morgan fingerprint density at radius 3 is 2.33 bits per heavy atom. The molecule has 0 aromatic rings. The average Bonchev–Trinajstić information content (AvgIpc) is 2.00. The van der Waals surface area contributed by atoms with E-state index in [1.807, 2.05) is 6.92 Å². The number of nitrogens with one attached hydrogen (secondary N) is 2. The first-order valence-electron chi connectivity index (χ1n) is 3.57. The Kier molecular flexibility index (Phi) is 4.53. The van der Waals surface area contributed by atoms with E-state index in [0.717, 1.165) is 5.57 Å². The lowest BCUT2D eigenvalue weighted by molar-refractivity contribution is 0.245. The SMILES string of the molecule is C=C(C)/C=C\C(=C)NC(=O)NC. The minimum atomic E-state index is -0.272. The topological polar surface area (TPSA) is 41.1 Å². The van der Waals surface area contributed by atoms with Gasteiger partial charge >= 0.3 is 6.03 Å². The van der Waals surface area contributed by atoms with E-state index < -0.39 is 0 Å². The molecular weight excluding hydrogens is 152 g/mol. The zero-order valence-corrected chi connectivity index (χ0v) is 7.48. The maximum absolute atomic E-state index is 10.7. The van der Waals surface area contributed by atoms with E-state index in [0.29, 0.717) is 5.70 Å². The highest BCUT2D eigenvalue weighted by Gasteiger charge is 1.94. The van der Waals surface area contributed by atoms with Crippen molar-refractivity contribution in [3.8, 4) is 0 Å². The van der Waals surface area contributed by atoms with Gasteiger partial charge in [0.15, 0.2) is 0 Å². The molecule has 0 fully saturated rings. The van der Waals surface area contributed by atoms with Gasteiger partial charge in [0.1, 0.15) is 0 Å². The van der Waals surface area contributed by atoms with Crippen molar-refractivity contribution in [2.24, 2.45) is 0 Å². The van der Waals surface area contributed by atoms with Gasteiger partial charge in [-0.1, -0.05) is 24.8 Å². The van der Waals surface area contributed by atoms with Gasteiger partial charge in [-0.05, 0) is 13.0 Å². The molecule has 12 heavy (non-hydrogen) atoms. The van der Waals surface area contributed by atoms with E-state index in [9.17, 15) is 4.79 Å². The van der Waals surface area contributed by atoms with Gasteiger partial charge in [-0.3, -0.25) is 0 Å². The van der Waals surface area contributed by atoms with Crippen LogP contribution in [0.1, 0.15) is 6.92 Å². The fraction of sp³-hybridized carbons (Fsp3) is 0.222. The minimum absolute atomic E-state index is 0.272. The van der Waals surface area contributed by atoms with Gasteiger partial charge in [0, 0.05) is 12.7 Å². The highest BCUT2D eigenvalue weighted by molar-refractivity contribution is 5.75. The molecule has 3 heteroatoms. The third kappa shape index (κ3) is 5.29. The Morgan fingerprint density at radius 1 is 1.33 bits per heavy atom. The summed E-state index contributed by atoms with van der Waals surface area (Å²) >= 11 is 0. The van der Waals surface area contributed by atoms with E-state index in [4.69, 9.17) is 0 Å². The van der Waals surface area contributed by atoms with Crippen LogP contribution in [0.15, 0.2) is 36.6 Å². The molecule has 0 bridgehead atoms. The van der Waals surface area contributed by atoms with Crippen LogP contribution in [0, 0.1) is 0 Å². The smallest absolute Gasteiger partial charge is 0.318 e. The van der Waals surface area contributed by atoms with Gasteiger partial charge in [0.25, 0.3) is 0 Å². The average molecular weight is 166 g/mol. The largest absolute Gasteiger partial charge is 0.341 e. The number of carbonyl (C=O) groups excluding carboxylic acids is 1. The molecule has 0 unspecified atom stereocenters. The van der Waals surface area contributed by atoms with Crippen molar-refractivity contribution in [2.75, 3.05) is 7.05 Å². The van der Waals surface area contributed by atoms with Gasteiger partial charge in [-0.15, -0.1) is 0 Å². The standard InChI is InChI=1S/C9H14N2O/c1-7(2)5-6-8(3)11-9(12)10-4/h5-6H,1,3H2,2,4H3,(H2,10,11,12)/b6-5-. The van der Waals surface area contributed by atoms with E-state index in [-0.39, 0.29) is 6.03 Å². The van der Waals surface area contributed by atoms with E-state index in [1.54, 1.807) is 19.2 Å². The Labute approximate surface area is 72.9 Å². The van der Waals surface area contributed by atoms with Crippen LogP contribution in [0.25, 0.3) is 0 Å². The third-order valence-corrected chi connectivity index (χ3v) is 1.07. The summed E-state index contributed by atoms with van der Waals surface area (Å²) < 4.78 is 0. The normalized spacial score (nSPS) is 9.50. The number of hydrogen-bond donors (Lipinski definition) is 2. The Bertz CT molecular complexity index is 229. The van der Waals surface area contributed by atoms with Crippen molar-refractivity contribution in [1.29, 1.82) is 0 Å². The first kappa shape index (κ1) is 10.5. The lowest BCUT2D eigenvalue weighted by Gasteiger charge is -2.01. The minimum Gasteiger partial charge on any atom is -0.341 e. The van der Waals surface area contributed by atoms with Crippen molar-refractivity contribution in [3.05, 3.63) is 36.6 Å². The van der Waals surface area contributed by atoms with Gasteiger partial charge in [-0.25, -0.2) is 4.79 Å². The summed E-state index contributed by atoms with van der Waals surface area (Å²) in [5.74, 6) is 0. The van der Waals surface area contributed by atoms with E-state index in [2.05, 4.69) is 23.8 Å². The molecule has 66 valence electrons. The first-order chi connectivity index (χ1) is 5.56. The Balaban J connectivity index is 3.90. The molecule has 0 rings (SSSR count). The highest BCUT2D eigenvalue weighted by atomic mass is 16.2. The van der Waals surface area contributed by atoms with Gasteiger partial charge < -0.3 is 10.6 Å². The van der Waals surface area contributed by atoms with Crippen molar-refractivity contribution in [2.45, 2.75) is 6.92 Å². The molecule has 0 aliphatic rings. The number of rotatable bonds is 3. The molecule has 0 atom stereocenters. The second-order valence-electron chi connectivity index (χ2n) is 2.41. The zero-order valence-electron chi connectivity index (χ0n) is 7.48. The molecule has 0 spiro atoms. The zero-order chi connectivity index (χ0) is 9.56. The van der Waals surface area contributed by atoms with Crippen molar-refractivity contribution >= 4 is 6.03 Å². The lowest BCUT2D eigenvalue weighted by atomic mass is 10.3. The maximum Gasteiger partial charge on any atom is 0.318 e. The Morgan fingerprint density at radius 2 is 1.92 bits per heavy atom. The van der Waals surface area contributed by atoms with Crippen LogP contribution in [0.4, 0.5) is 4.79 Å². The van der Waals surface area contributed by atoms with E-state index in [1.165, 1.54) is 0 Å². The molecule has 0 aliphatic heterocycles. The summed E-state index contributed by atoms with van der Waals surface area (Å²) in [6.45, 7) is 9.15. The predicted molar refractivity (Wildman–Crippen MR) is 50.7 cm³/mol. The van der Waals surface area contributed by atoms with Crippen LogP contribution in [-0.2, 0) is 0 Å². The summed E-state index contributed by atoms with van der Waals surface area (Å²) in [6.07, 6.45) is 3.47. The van der Waals surface area contributed by atoms with Crippen LogP contribution >= 0.6 is 0 Å². The van der Waals surface area contributed by atoms with Crippen LogP contribution in [0.3, 0.4) is 0 Å². The summed E-state index contributed by atoms with van der Waals surface area (Å²) in [4.78, 5) is 10.7. The summed E-state index contributed by atoms with van der Waals surface area (Å²) in [5, 5.41) is 4.93. The molecule has 3 nitrogen and oxygen atoms in total. The van der Waals surface area contributed by atoms with Crippen molar-refractivity contribution in [1.82, 2.24) is 10.6 Å².